The van der Waals surface area contributed by atoms with E-state index in [1.807, 2.05) is 17.8 Å². The van der Waals surface area contributed by atoms with Crippen molar-refractivity contribution in [2.45, 2.75) is 26.8 Å². The largest absolute Gasteiger partial charge is 0.298 e. The molecule has 0 unspecified atom stereocenters. The van der Waals surface area contributed by atoms with Crippen molar-refractivity contribution < 1.29 is 4.79 Å². The molecule has 0 aliphatic carbocycles. The number of halogens is 1. The maximum Gasteiger partial charge on any atom is 0.150 e. The van der Waals surface area contributed by atoms with Gasteiger partial charge in [-0.15, -0.1) is 0 Å². The molecular formula is C14H15ClN2O. The van der Waals surface area contributed by atoms with E-state index in [9.17, 15) is 4.79 Å². The zero-order valence-corrected chi connectivity index (χ0v) is 11.4. The number of carbonyl (C=O) groups excluding carboxylic acids is 1. The Morgan fingerprint density at radius 2 is 2.06 bits per heavy atom. The Kier molecular flexibility index (Phi) is 3.53. The third-order valence-electron chi connectivity index (χ3n) is 2.88. The lowest BCUT2D eigenvalue weighted by atomic mass is 10.0. The minimum absolute atomic E-state index is 0.288. The zero-order chi connectivity index (χ0) is 13.3. The van der Waals surface area contributed by atoms with Gasteiger partial charge in [0.1, 0.15) is 0 Å². The summed E-state index contributed by atoms with van der Waals surface area (Å²) in [7, 11) is 0. The highest BCUT2D eigenvalue weighted by molar-refractivity contribution is 6.31. The molecule has 0 N–H and O–H groups in total. The van der Waals surface area contributed by atoms with Gasteiger partial charge in [0.2, 0.25) is 0 Å². The summed E-state index contributed by atoms with van der Waals surface area (Å²) in [5.41, 5.74) is 3.31. The molecule has 0 saturated heterocycles. The van der Waals surface area contributed by atoms with Crippen LogP contribution in [0.2, 0.25) is 5.02 Å². The molecule has 0 saturated carbocycles. The number of aromatic nitrogens is 2. The van der Waals surface area contributed by atoms with Gasteiger partial charge in [-0.05, 0) is 44.5 Å². The molecule has 0 radical (unpaired) electrons. The van der Waals surface area contributed by atoms with Crippen LogP contribution in [-0.4, -0.2) is 16.1 Å². The quantitative estimate of drug-likeness (QED) is 0.786. The minimum atomic E-state index is 0.288. The van der Waals surface area contributed by atoms with Crippen molar-refractivity contribution in [3.63, 3.8) is 0 Å². The van der Waals surface area contributed by atoms with Crippen LogP contribution in [0.15, 0.2) is 24.4 Å². The molecule has 3 nitrogen and oxygen atoms in total. The molecule has 1 aromatic carbocycles. The van der Waals surface area contributed by atoms with E-state index in [1.54, 1.807) is 18.2 Å². The second kappa shape index (κ2) is 4.94. The molecular weight excluding hydrogens is 248 g/mol. The van der Waals surface area contributed by atoms with E-state index in [0.29, 0.717) is 10.6 Å². The number of rotatable bonds is 3. The molecule has 1 aromatic heterocycles. The summed E-state index contributed by atoms with van der Waals surface area (Å²) < 4.78 is 1.89. The summed E-state index contributed by atoms with van der Waals surface area (Å²) in [6.45, 7) is 6.06. The van der Waals surface area contributed by atoms with Gasteiger partial charge in [-0.1, -0.05) is 11.6 Å². The summed E-state index contributed by atoms with van der Waals surface area (Å²) in [5, 5.41) is 5.07. The number of aldehydes is 1. The highest BCUT2D eigenvalue weighted by Crippen LogP contribution is 2.29. The van der Waals surface area contributed by atoms with Gasteiger partial charge in [0, 0.05) is 28.4 Å². The SMILES string of the molecule is Cc1nn(C(C)C)cc1-c1cc(Cl)ccc1C=O. The second-order valence-electron chi connectivity index (χ2n) is 4.55. The van der Waals surface area contributed by atoms with E-state index >= 15 is 0 Å². The molecule has 0 spiro atoms. The van der Waals surface area contributed by atoms with Crippen LogP contribution in [0.3, 0.4) is 0 Å². The van der Waals surface area contributed by atoms with Crippen molar-refractivity contribution in [2.24, 2.45) is 0 Å². The zero-order valence-electron chi connectivity index (χ0n) is 10.6. The average Bonchev–Trinajstić information content (AvgIpc) is 2.71. The summed E-state index contributed by atoms with van der Waals surface area (Å²) >= 11 is 6.00. The van der Waals surface area contributed by atoms with Gasteiger partial charge in [-0.3, -0.25) is 9.48 Å². The molecule has 0 bridgehead atoms. The molecule has 18 heavy (non-hydrogen) atoms. The fraction of sp³-hybridized carbons (Fsp3) is 0.286. The third-order valence-corrected chi connectivity index (χ3v) is 3.11. The fourth-order valence-electron chi connectivity index (χ4n) is 1.88. The summed E-state index contributed by atoms with van der Waals surface area (Å²) in [6.07, 6.45) is 2.80. The van der Waals surface area contributed by atoms with Crippen LogP contribution >= 0.6 is 11.6 Å². The van der Waals surface area contributed by atoms with Crippen molar-refractivity contribution in [3.8, 4) is 11.1 Å². The molecule has 0 amide bonds. The Labute approximate surface area is 111 Å². The number of hydrogen-bond acceptors (Lipinski definition) is 2. The Hall–Kier alpha value is -1.61. The predicted octanol–water partition coefficient (Wildman–Crippen LogP) is 3.91. The van der Waals surface area contributed by atoms with Crippen LogP contribution in [0, 0.1) is 6.92 Å². The summed E-state index contributed by atoms with van der Waals surface area (Å²) in [4.78, 5) is 11.1. The van der Waals surface area contributed by atoms with Crippen LogP contribution in [-0.2, 0) is 0 Å². The highest BCUT2D eigenvalue weighted by atomic mass is 35.5. The molecule has 2 aromatic rings. The van der Waals surface area contributed by atoms with Crippen molar-refractivity contribution in [3.05, 3.63) is 40.7 Å². The maximum absolute atomic E-state index is 11.1. The smallest absolute Gasteiger partial charge is 0.150 e. The number of hydrogen-bond donors (Lipinski definition) is 0. The lowest BCUT2D eigenvalue weighted by Crippen LogP contribution is -2.00. The van der Waals surface area contributed by atoms with Crippen molar-refractivity contribution >= 4 is 17.9 Å². The monoisotopic (exact) mass is 262 g/mol. The Balaban J connectivity index is 2.60. The van der Waals surface area contributed by atoms with E-state index in [1.165, 1.54) is 0 Å². The van der Waals surface area contributed by atoms with Gasteiger partial charge in [0.05, 0.1) is 5.69 Å². The first-order valence-electron chi connectivity index (χ1n) is 5.83. The van der Waals surface area contributed by atoms with Crippen molar-refractivity contribution in [2.75, 3.05) is 0 Å². The standard InChI is InChI=1S/C14H15ClN2O/c1-9(2)17-7-14(10(3)16-17)13-6-12(15)5-4-11(13)8-18/h4-9H,1-3H3. The van der Waals surface area contributed by atoms with E-state index in [-0.39, 0.29) is 6.04 Å². The Morgan fingerprint density at radius 3 is 2.61 bits per heavy atom. The summed E-state index contributed by atoms with van der Waals surface area (Å²) in [6, 6.07) is 5.55. The number of nitrogens with zero attached hydrogens (tertiary/aromatic N) is 2. The lowest BCUT2D eigenvalue weighted by molar-refractivity contribution is 0.112. The Bertz CT molecular complexity index is 587. The van der Waals surface area contributed by atoms with Gasteiger partial charge in [-0.25, -0.2) is 0 Å². The summed E-state index contributed by atoms with van der Waals surface area (Å²) in [5.74, 6) is 0. The van der Waals surface area contributed by atoms with Crippen molar-refractivity contribution in [1.29, 1.82) is 0 Å². The molecule has 0 aliphatic rings. The molecule has 0 aliphatic heterocycles. The average molecular weight is 263 g/mol. The van der Waals surface area contributed by atoms with Crippen LogP contribution in [0.1, 0.15) is 35.9 Å². The highest BCUT2D eigenvalue weighted by Gasteiger charge is 2.13. The first-order valence-corrected chi connectivity index (χ1v) is 6.21. The van der Waals surface area contributed by atoms with Crippen molar-refractivity contribution in [1.82, 2.24) is 9.78 Å². The van der Waals surface area contributed by atoms with Gasteiger partial charge in [0.25, 0.3) is 0 Å². The van der Waals surface area contributed by atoms with E-state index in [4.69, 9.17) is 11.6 Å². The molecule has 0 atom stereocenters. The van der Waals surface area contributed by atoms with Crippen LogP contribution < -0.4 is 0 Å². The number of aryl methyl sites for hydroxylation is 1. The third kappa shape index (κ3) is 2.31. The van der Waals surface area contributed by atoms with Crippen LogP contribution in [0.5, 0.6) is 0 Å². The van der Waals surface area contributed by atoms with E-state index in [0.717, 1.165) is 23.1 Å². The number of benzene rings is 1. The first-order chi connectivity index (χ1) is 8.52. The lowest BCUT2D eigenvalue weighted by Gasteiger charge is -2.05. The normalized spacial score (nSPS) is 10.9. The van der Waals surface area contributed by atoms with Gasteiger partial charge in [0.15, 0.2) is 6.29 Å². The van der Waals surface area contributed by atoms with Gasteiger partial charge in [-0.2, -0.15) is 5.10 Å². The maximum atomic E-state index is 11.1. The molecule has 2 rings (SSSR count). The topological polar surface area (TPSA) is 34.9 Å². The van der Waals surface area contributed by atoms with Crippen LogP contribution in [0.4, 0.5) is 0 Å². The second-order valence-corrected chi connectivity index (χ2v) is 4.99. The van der Waals surface area contributed by atoms with E-state index < -0.39 is 0 Å². The van der Waals surface area contributed by atoms with Gasteiger partial charge < -0.3 is 0 Å². The Morgan fingerprint density at radius 1 is 1.33 bits per heavy atom. The van der Waals surface area contributed by atoms with Crippen LogP contribution in [0.25, 0.3) is 11.1 Å². The van der Waals surface area contributed by atoms with Gasteiger partial charge >= 0.3 is 0 Å². The first kappa shape index (κ1) is 12.8. The molecule has 0 fully saturated rings. The van der Waals surface area contributed by atoms with E-state index in [2.05, 4.69) is 18.9 Å². The minimum Gasteiger partial charge on any atom is -0.298 e. The number of carbonyl (C=O) groups is 1. The fourth-order valence-corrected chi connectivity index (χ4v) is 2.05. The molecule has 4 heteroatoms. The molecule has 1 heterocycles. The predicted molar refractivity (Wildman–Crippen MR) is 73.2 cm³/mol. The molecule has 94 valence electrons.